The molecule has 0 heterocycles. The Labute approximate surface area is 157 Å². The Balaban J connectivity index is 1.71. The molecule has 0 aliphatic heterocycles. The molecule has 0 saturated carbocycles. The van der Waals surface area contributed by atoms with Crippen LogP contribution < -0.4 is 10.1 Å². The van der Waals surface area contributed by atoms with E-state index in [1.165, 1.54) is 0 Å². The molecule has 3 aromatic rings. The Bertz CT molecular complexity index is 962. The normalized spacial score (nSPS) is 11.6. The van der Waals surface area contributed by atoms with Crippen molar-refractivity contribution in [3.63, 3.8) is 0 Å². The van der Waals surface area contributed by atoms with Gasteiger partial charge in [-0.3, -0.25) is 4.79 Å². The van der Waals surface area contributed by atoms with Crippen molar-refractivity contribution in [2.75, 3.05) is 11.9 Å². The van der Waals surface area contributed by atoms with Gasteiger partial charge in [0.2, 0.25) is 0 Å². The highest BCUT2D eigenvalue weighted by Crippen LogP contribution is 2.24. The summed E-state index contributed by atoms with van der Waals surface area (Å²) in [6, 6.07) is 20.2. The highest BCUT2D eigenvalue weighted by Gasteiger charge is 2.21. The van der Waals surface area contributed by atoms with Gasteiger partial charge in [-0.1, -0.05) is 48.5 Å². The lowest BCUT2D eigenvalue weighted by atomic mass is 10.1. The van der Waals surface area contributed by atoms with Crippen LogP contribution in [0.2, 0.25) is 0 Å². The maximum Gasteiger partial charge on any atom is 0.342 e. The first-order valence-electron chi connectivity index (χ1n) is 8.81. The number of amides is 1. The van der Waals surface area contributed by atoms with Crippen LogP contribution in [0.15, 0.2) is 66.7 Å². The maximum absolute atomic E-state index is 12.5. The van der Waals surface area contributed by atoms with Crippen LogP contribution in [0, 0.1) is 0 Å². The first kappa shape index (κ1) is 18.5. The van der Waals surface area contributed by atoms with E-state index in [4.69, 9.17) is 9.47 Å². The molecule has 1 amide bonds. The zero-order valence-corrected chi connectivity index (χ0v) is 15.3. The van der Waals surface area contributed by atoms with Crippen molar-refractivity contribution in [1.82, 2.24) is 0 Å². The number of hydrogen-bond donors (Lipinski definition) is 1. The van der Waals surface area contributed by atoms with Crippen molar-refractivity contribution >= 4 is 28.3 Å². The molecule has 3 aromatic carbocycles. The van der Waals surface area contributed by atoms with E-state index in [9.17, 15) is 9.59 Å². The summed E-state index contributed by atoms with van der Waals surface area (Å²) < 4.78 is 10.8. The van der Waals surface area contributed by atoms with Gasteiger partial charge in [0, 0.05) is 11.1 Å². The number of carbonyl (C=O) groups is 2. The van der Waals surface area contributed by atoms with Gasteiger partial charge in [-0.15, -0.1) is 0 Å². The minimum Gasteiger partial charge on any atom is -0.493 e. The molecule has 0 bridgehead atoms. The summed E-state index contributed by atoms with van der Waals surface area (Å²) in [4.78, 5) is 25.0. The Morgan fingerprint density at radius 3 is 2.48 bits per heavy atom. The monoisotopic (exact) mass is 363 g/mol. The van der Waals surface area contributed by atoms with Gasteiger partial charge in [0.15, 0.2) is 6.10 Å². The van der Waals surface area contributed by atoms with Gasteiger partial charge in [0.25, 0.3) is 5.91 Å². The SMILES string of the molecule is CCOc1ccccc1C(=O)O[C@@H](C)C(=O)Nc1cccc2ccccc12. The molecule has 0 aromatic heterocycles. The van der Waals surface area contributed by atoms with Gasteiger partial charge in [-0.25, -0.2) is 4.79 Å². The number of fused-ring (bicyclic) bond motifs is 1. The van der Waals surface area contributed by atoms with E-state index < -0.39 is 18.0 Å². The van der Waals surface area contributed by atoms with Gasteiger partial charge in [0.1, 0.15) is 11.3 Å². The molecule has 0 spiro atoms. The molecule has 3 rings (SSSR count). The van der Waals surface area contributed by atoms with Gasteiger partial charge in [-0.05, 0) is 37.4 Å². The minimum atomic E-state index is -0.953. The lowest BCUT2D eigenvalue weighted by Crippen LogP contribution is -2.30. The highest BCUT2D eigenvalue weighted by molar-refractivity contribution is 6.04. The quantitative estimate of drug-likeness (QED) is 0.658. The number of carbonyl (C=O) groups excluding carboxylic acids is 2. The molecule has 0 unspecified atom stereocenters. The number of nitrogens with one attached hydrogen (secondary N) is 1. The Morgan fingerprint density at radius 2 is 1.67 bits per heavy atom. The summed E-state index contributed by atoms with van der Waals surface area (Å²) in [7, 11) is 0. The van der Waals surface area contributed by atoms with Gasteiger partial charge >= 0.3 is 5.97 Å². The molecule has 1 atom stereocenters. The van der Waals surface area contributed by atoms with Crippen LogP contribution in [-0.2, 0) is 9.53 Å². The second kappa shape index (κ2) is 8.36. The van der Waals surface area contributed by atoms with Crippen molar-refractivity contribution in [3.8, 4) is 5.75 Å². The zero-order chi connectivity index (χ0) is 19.2. The Morgan fingerprint density at radius 1 is 0.963 bits per heavy atom. The molecule has 0 fully saturated rings. The molecule has 5 nitrogen and oxygen atoms in total. The fourth-order valence-electron chi connectivity index (χ4n) is 2.76. The van der Waals surface area contributed by atoms with E-state index in [2.05, 4.69) is 5.32 Å². The van der Waals surface area contributed by atoms with Crippen molar-refractivity contribution in [3.05, 3.63) is 72.3 Å². The number of anilines is 1. The molecule has 5 heteroatoms. The fourth-order valence-corrected chi connectivity index (χ4v) is 2.76. The van der Waals surface area contributed by atoms with E-state index >= 15 is 0 Å². The van der Waals surface area contributed by atoms with Crippen LogP contribution in [0.25, 0.3) is 10.8 Å². The zero-order valence-electron chi connectivity index (χ0n) is 15.3. The predicted molar refractivity (Wildman–Crippen MR) is 105 cm³/mol. The molecule has 138 valence electrons. The van der Waals surface area contributed by atoms with Gasteiger partial charge in [-0.2, -0.15) is 0 Å². The summed E-state index contributed by atoms with van der Waals surface area (Å²) in [5.41, 5.74) is 0.972. The lowest BCUT2D eigenvalue weighted by molar-refractivity contribution is -0.123. The summed E-state index contributed by atoms with van der Waals surface area (Å²) in [6.07, 6.45) is -0.953. The summed E-state index contributed by atoms with van der Waals surface area (Å²) in [5, 5.41) is 4.78. The third-order valence-electron chi connectivity index (χ3n) is 4.11. The molecule has 1 N–H and O–H groups in total. The topological polar surface area (TPSA) is 64.6 Å². The van der Waals surface area contributed by atoms with E-state index in [-0.39, 0.29) is 0 Å². The van der Waals surface area contributed by atoms with Crippen LogP contribution >= 0.6 is 0 Å². The van der Waals surface area contributed by atoms with Crippen molar-refractivity contribution < 1.29 is 19.1 Å². The number of esters is 1. The molecular weight excluding hydrogens is 342 g/mol. The van der Waals surface area contributed by atoms with E-state index in [0.29, 0.717) is 23.6 Å². The molecule has 0 radical (unpaired) electrons. The number of benzene rings is 3. The number of hydrogen-bond acceptors (Lipinski definition) is 4. The van der Waals surface area contributed by atoms with Gasteiger partial charge < -0.3 is 14.8 Å². The van der Waals surface area contributed by atoms with Crippen LogP contribution in [0.3, 0.4) is 0 Å². The number of para-hydroxylation sites is 1. The fraction of sp³-hybridized carbons (Fsp3) is 0.182. The van der Waals surface area contributed by atoms with E-state index in [1.807, 2.05) is 49.4 Å². The first-order valence-corrected chi connectivity index (χ1v) is 8.81. The summed E-state index contributed by atoms with van der Waals surface area (Å²) in [5.74, 6) is -0.556. The van der Waals surface area contributed by atoms with Gasteiger partial charge in [0.05, 0.1) is 6.61 Å². The minimum absolute atomic E-state index is 0.296. The van der Waals surface area contributed by atoms with Crippen LogP contribution in [0.4, 0.5) is 5.69 Å². The average Bonchev–Trinajstić information content (AvgIpc) is 2.69. The van der Waals surface area contributed by atoms with Crippen LogP contribution in [0.5, 0.6) is 5.75 Å². The third kappa shape index (κ3) is 4.26. The van der Waals surface area contributed by atoms with Crippen LogP contribution in [-0.4, -0.2) is 24.6 Å². The van der Waals surface area contributed by atoms with Crippen molar-refractivity contribution in [1.29, 1.82) is 0 Å². The largest absolute Gasteiger partial charge is 0.493 e. The van der Waals surface area contributed by atoms with Crippen molar-refractivity contribution in [2.24, 2.45) is 0 Å². The molecule has 27 heavy (non-hydrogen) atoms. The van der Waals surface area contributed by atoms with Crippen LogP contribution in [0.1, 0.15) is 24.2 Å². The van der Waals surface area contributed by atoms with Crippen molar-refractivity contribution in [2.45, 2.75) is 20.0 Å². The van der Waals surface area contributed by atoms with E-state index in [0.717, 1.165) is 10.8 Å². The molecule has 0 aliphatic carbocycles. The third-order valence-corrected chi connectivity index (χ3v) is 4.11. The number of ether oxygens (including phenoxy) is 2. The smallest absolute Gasteiger partial charge is 0.342 e. The van der Waals surface area contributed by atoms with E-state index in [1.54, 1.807) is 31.2 Å². The summed E-state index contributed by atoms with van der Waals surface area (Å²) >= 11 is 0. The molecule has 0 aliphatic rings. The lowest BCUT2D eigenvalue weighted by Gasteiger charge is -2.16. The second-order valence-corrected chi connectivity index (χ2v) is 5.99. The second-order valence-electron chi connectivity index (χ2n) is 5.99. The Hall–Kier alpha value is -3.34. The Kier molecular flexibility index (Phi) is 5.71. The number of rotatable bonds is 6. The maximum atomic E-state index is 12.5. The predicted octanol–water partition coefficient (Wildman–Crippen LogP) is 4.42. The average molecular weight is 363 g/mol. The first-order chi connectivity index (χ1) is 13.1. The highest BCUT2D eigenvalue weighted by atomic mass is 16.5. The summed E-state index contributed by atoms with van der Waals surface area (Å²) in [6.45, 7) is 3.81. The standard InChI is InChI=1S/C22H21NO4/c1-3-26-20-14-7-6-12-18(20)22(25)27-15(2)21(24)23-19-13-8-10-16-9-4-5-11-17(16)19/h4-15H,3H2,1-2H3,(H,23,24)/t15-/m0/s1. The molecule has 0 saturated heterocycles. The molecular formula is C22H21NO4.